The third kappa shape index (κ3) is 3.51. The van der Waals surface area contributed by atoms with Gasteiger partial charge in [-0.2, -0.15) is 4.31 Å². The fourth-order valence-corrected chi connectivity index (χ4v) is 5.60. The van der Waals surface area contributed by atoms with E-state index in [-0.39, 0.29) is 6.04 Å². The van der Waals surface area contributed by atoms with Crippen molar-refractivity contribution in [2.75, 3.05) is 6.54 Å². The van der Waals surface area contributed by atoms with Gasteiger partial charge in [-0.1, -0.05) is 42.1 Å². The molecule has 0 spiro atoms. The zero-order valence-electron chi connectivity index (χ0n) is 13.0. The third-order valence-electron chi connectivity index (χ3n) is 4.34. The van der Waals surface area contributed by atoms with Crippen LogP contribution >= 0.6 is 15.9 Å². The zero-order chi connectivity index (χ0) is 15.6. The van der Waals surface area contributed by atoms with Gasteiger partial charge < -0.3 is 0 Å². The predicted octanol–water partition coefficient (Wildman–Crippen LogP) is 4.41. The largest absolute Gasteiger partial charge is 0.243 e. The molecule has 118 valence electrons. The summed E-state index contributed by atoms with van der Waals surface area (Å²) >= 11 is 3.47. The van der Waals surface area contributed by atoms with Crippen molar-refractivity contribution in [2.45, 2.75) is 63.8 Å². The van der Waals surface area contributed by atoms with Crippen molar-refractivity contribution in [1.82, 2.24) is 4.31 Å². The molecule has 0 N–H and O–H groups in total. The summed E-state index contributed by atoms with van der Waals surface area (Å²) in [5.41, 5.74) is 1.76. The highest BCUT2D eigenvalue weighted by atomic mass is 79.9. The molecule has 0 heterocycles. The van der Waals surface area contributed by atoms with E-state index in [9.17, 15) is 8.42 Å². The van der Waals surface area contributed by atoms with Crippen molar-refractivity contribution in [2.24, 2.45) is 0 Å². The number of halogens is 1. The average molecular weight is 374 g/mol. The molecule has 1 saturated carbocycles. The summed E-state index contributed by atoms with van der Waals surface area (Å²) in [4.78, 5) is 0.454. The number of rotatable bonds is 4. The van der Waals surface area contributed by atoms with Gasteiger partial charge in [0, 0.05) is 17.1 Å². The monoisotopic (exact) mass is 373 g/mol. The molecule has 0 aromatic heterocycles. The van der Waals surface area contributed by atoms with E-state index < -0.39 is 10.0 Å². The van der Waals surface area contributed by atoms with Gasteiger partial charge in [-0.3, -0.25) is 0 Å². The minimum atomic E-state index is -3.41. The summed E-state index contributed by atoms with van der Waals surface area (Å²) in [6.45, 7) is 6.28. The summed E-state index contributed by atoms with van der Waals surface area (Å²) in [5, 5.41) is 0. The predicted molar refractivity (Wildman–Crippen MR) is 90.1 cm³/mol. The Morgan fingerprint density at radius 2 is 1.76 bits per heavy atom. The Balaban J connectivity index is 2.41. The third-order valence-corrected chi connectivity index (χ3v) is 7.36. The Hall–Kier alpha value is -0.390. The highest BCUT2D eigenvalue weighted by molar-refractivity contribution is 9.10. The fourth-order valence-electron chi connectivity index (χ4n) is 3.15. The molecule has 1 aliphatic rings. The molecule has 21 heavy (non-hydrogen) atoms. The van der Waals surface area contributed by atoms with Crippen LogP contribution in [0.1, 0.15) is 50.2 Å². The normalized spacial score (nSPS) is 17.4. The lowest BCUT2D eigenvalue weighted by atomic mass is 9.95. The van der Waals surface area contributed by atoms with Crippen LogP contribution in [0.3, 0.4) is 0 Å². The fraction of sp³-hybridized carbons (Fsp3) is 0.625. The van der Waals surface area contributed by atoms with Crippen molar-refractivity contribution in [1.29, 1.82) is 0 Å². The first kappa shape index (κ1) is 17.0. The van der Waals surface area contributed by atoms with Crippen LogP contribution in [0.25, 0.3) is 0 Å². The number of hydrogen-bond acceptors (Lipinski definition) is 2. The Morgan fingerprint density at radius 1 is 1.14 bits per heavy atom. The molecule has 0 aliphatic heterocycles. The lowest BCUT2D eigenvalue weighted by Crippen LogP contribution is -2.41. The van der Waals surface area contributed by atoms with Gasteiger partial charge in [0.25, 0.3) is 0 Å². The summed E-state index contributed by atoms with van der Waals surface area (Å²) in [6, 6.07) is 3.86. The van der Waals surface area contributed by atoms with Crippen molar-refractivity contribution in [3.63, 3.8) is 0 Å². The molecule has 0 radical (unpaired) electrons. The molecule has 1 aromatic rings. The Kier molecular flexibility index (Phi) is 5.49. The van der Waals surface area contributed by atoms with Gasteiger partial charge in [0.2, 0.25) is 10.0 Å². The maximum absolute atomic E-state index is 13.1. The molecule has 0 bridgehead atoms. The van der Waals surface area contributed by atoms with E-state index in [0.29, 0.717) is 11.4 Å². The maximum Gasteiger partial charge on any atom is 0.243 e. The molecule has 2 rings (SSSR count). The molecule has 0 atom stereocenters. The molecule has 0 amide bonds. The van der Waals surface area contributed by atoms with Crippen LogP contribution in [0.2, 0.25) is 0 Å². The van der Waals surface area contributed by atoms with E-state index in [4.69, 9.17) is 0 Å². The van der Waals surface area contributed by atoms with Crippen LogP contribution in [0.15, 0.2) is 21.5 Å². The van der Waals surface area contributed by atoms with Gasteiger partial charge >= 0.3 is 0 Å². The first-order valence-electron chi connectivity index (χ1n) is 7.66. The van der Waals surface area contributed by atoms with Crippen LogP contribution < -0.4 is 0 Å². The first-order chi connectivity index (χ1) is 9.87. The number of aryl methyl sites for hydroxylation is 2. The van der Waals surface area contributed by atoms with Crippen LogP contribution in [-0.2, 0) is 10.0 Å². The van der Waals surface area contributed by atoms with Crippen molar-refractivity contribution >= 4 is 26.0 Å². The molecule has 5 heteroatoms. The second-order valence-corrected chi connectivity index (χ2v) is 8.58. The highest BCUT2D eigenvalue weighted by Gasteiger charge is 2.32. The van der Waals surface area contributed by atoms with Crippen LogP contribution in [0.5, 0.6) is 0 Å². The average Bonchev–Trinajstić information content (AvgIpc) is 2.44. The molecule has 1 aromatic carbocycles. The summed E-state index contributed by atoms with van der Waals surface area (Å²) in [5.74, 6) is 0. The SMILES string of the molecule is CCN(C1CCCCC1)S(=O)(=O)c1cc(C)c(Br)cc1C. The number of benzene rings is 1. The minimum absolute atomic E-state index is 0.164. The standard InChI is InChI=1S/C16H24BrNO2S/c1-4-18(14-8-6-5-7-9-14)21(19,20)16-11-12(2)15(17)10-13(16)3/h10-11,14H,4-9H2,1-3H3. The maximum atomic E-state index is 13.1. The van der Waals surface area contributed by atoms with E-state index in [1.165, 1.54) is 6.42 Å². The smallest absolute Gasteiger partial charge is 0.207 e. The number of hydrogen-bond donors (Lipinski definition) is 0. The van der Waals surface area contributed by atoms with Crippen LogP contribution in [-0.4, -0.2) is 25.3 Å². The van der Waals surface area contributed by atoms with E-state index in [0.717, 1.165) is 41.3 Å². The number of sulfonamides is 1. The lowest BCUT2D eigenvalue weighted by molar-refractivity contribution is 0.261. The van der Waals surface area contributed by atoms with E-state index >= 15 is 0 Å². The molecule has 3 nitrogen and oxygen atoms in total. The van der Waals surface area contributed by atoms with Gasteiger partial charge in [-0.15, -0.1) is 0 Å². The van der Waals surface area contributed by atoms with E-state index in [1.807, 2.05) is 26.8 Å². The highest BCUT2D eigenvalue weighted by Crippen LogP contribution is 2.31. The Morgan fingerprint density at radius 3 is 2.33 bits per heavy atom. The van der Waals surface area contributed by atoms with Crippen molar-refractivity contribution < 1.29 is 8.42 Å². The van der Waals surface area contributed by atoms with Gasteiger partial charge in [0.15, 0.2) is 0 Å². The van der Waals surface area contributed by atoms with Gasteiger partial charge in [-0.25, -0.2) is 8.42 Å². The van der Waals surface area contributed by atoms with E-state index in [1.54, 1.807) is 10.4 Å². The topological polar surface area (TPSA) is 37.4 Å². The lowest BCUT2D eigenvalue weighted by Gasteiger charge is -2.33. The van der Waals surface area contributed by atoms with Crippen molar-refractivity contribution in [3.05, 3.63) is 27.7 Å². The Bertz CT molecular complexity index is 607. The van der Waals surface area contributed by atoms with E-state index in [2.05, 4.69) is 15.9 Å². The Labute approximate surface area is 136 Å². The molecule has 1 fully saturated rings. The van der Waals surface area contributed by atoms with Gasteiger partial charge in [-0.05, 0) is 49.9 Å². The van der Waals surface area contributed by atoms with Gasteiger partial charge in [0.1, 0.15) is 0 Å². The second kappa shape index (κ2) is 6.80. The second-order valence-electron chi connectivity index (χ2n) is 5.87. The first-order valence-corrected chi connectivity index (χ1v) is 9.89. The van der Waals surface area contributed by atoms with Crippen LogP contribution in [0.4, 0.5) is 0 Å². The molecule has 0 saturated heterocycles. The summed E-state index contributed by atoms with van der Waals surface area (Å²) < 4.78 is 28.8. The molecule has 1 aliphatic carbocycles. The number of nitrogens with zero attached hydrogens (tertiary/aromatic N) is 1. The molecular weight excluding hydrogens is 350 g/mol. The van der Waals surface area contributed by atoms with Crippen LogP contribution in [0, 0.1) is 13.8 Å². The molecular formula is C16H24BrNO2S. The summed E-state index contributed by atoms with van der Waals surface area (Å²) in [6.07, 6.45) is 5.47. The summed E-state index contributed by atoms with van der Waals surface area (Å²) in [7, 11) is -3.41. The minimum Gasteiger partial charge on any atom is -0.207 e. The van der Waals surface area contributed by atoms with Gasteiger partial charge in [0.05, 0.1) is 4.90 Å². The molecule has 0 unspecified atom stereocenters. The van der Waals surface area contributed by atoms with Crippen molar-refractivity contribution in [3.8, 4) is 0 Å². The zero-order valence-corrected chi connectivity index (χ0v) is 15.4. The quantitative estimate of drug-likeness (QED) is 0.783.